The van der Waals surface area contributed by atoms with E-state index >= 15 is 0 Å². The van der Waals surface area contributed by atoms with E-state index in [-0.39, 0.29) is 62.2 Å². The molecule has 35 heavy (non-hydrogen) atoms. The number of fused-ring (bicyclic) bond motifs is 4. The van der Waals surface area contributed by atoms with Gasteiger partial charge in [0.1, 0.15) is 16.7 Å². The van der Waals surface area contributed by atoms with Gasteiger partial charge in [-0.25, -0.2) is 0 Å². The fourth-order valence-corrected chi connectivity index (χ4v) is 4.23. The fourth-order valence-electron chi connectivity index (χ4n) is 4.23. The van der Waals surface area contributed by atoms with E-state index in [4.69, 9.17) is 28.1 Å². The maximum atomic E-state index is 13.2. The van der Waals surface area contributed by atoms with Crippen molar-refractivity contribution in [1.82, 2.24) is 0 Å². The number of benzene rings is 3. The van der Waals surface area contributed by atoms with Crippen molar-refractivity contribution < 1.29 is 43.4 Å². The Morgan fingerprint density at radius 3 is 2.23 bits per heavy atom. The van der Waals surface area contributed by atoms with Gasteiger partial charge in [0.2, 0.25) is 22.7 Å². The summed E-state index contributed by atoms with van der Waals surface area (Å²) in [4.78, 5) is 13.2. The number of methoxy groups -OCH3 is 3. The van der Waals surface area contributed by atoms with Gasteiger partial charge in [-0.15, -0.1) is 0 Å². The standard InChI is InChI=1S/C25H22O10/c1-30-15-7-11(8-16(31-2)21(15)29)22-18(10-26)34-25-23-12(9-17(32-3)24(25)35-22)20(28)19-13(27)5-4-6-14(19)33-23/h4-9,18,22,26-27,29H,10H2,1-3H3/t18-,22-/m1/s1. The minimum absolute atomic E-state index is 0.0265. The summed E-state index contributed by atoms with van der Waals surface area (Å²) < 4.78 is 34.3. The van der Waals surface area contributed by atoms with Crippen LogP contribution >= 0.6 is 0 Å². The van der Waals surface area contributed by atoms with Crippen molar-refractivity contribution in [2.24, 2.45) is 0 Å². The number of hydrogen-bond donors (Lipinski definition) is 3. The molecule has 2 heterocycles. The van der Waals surface area contributed by atoms with Crippen LogP contribution in [0.25, 0.3) is 21.9 Å². The number of phenols is 2. The van der Waals surface area contributed by atoms with Crippen molar-refractivity contribution in [3.8, 4) is 40.2 Å². The molecule has 0 bridgehead atoms. The maximum Gasteiger partial charge on any atom is 0.209 e. The Hall–Kier alpha value is -4.31. The molecule has 1 aliphatic rings. The first-order chi connectivity index (χ1) is 16.9. The van der Waals surface area contributed by atoms with Gasteiger partial charge in [0.15, 0.2) is 35.0 Å². The number of aliphatic hydroxyl groups is 1. The van der Waals surface area contributed by atoms with Crippen LogP contribution in [0.5, 0.6) is 40.2 Å². The van der Waals surface area contributed by atoms with Gasteiger partial charge in [-0.2, -0.15) is 0 Å². The number of rotatable bonds is 5. The molecule has 182 valence electrons. The van der Waals surface area contributed by atoms with Crippen LogP contribution in [0.4, 0.5) is 0 Å². The zero-order valence-electron chi connectivity index (χ0n) is 19.0. The van der Waals surface area contributed by atoms with Crippen LogP contribution in [0.2, 0.25) is 0 Å². The van der Waals surface area contributed by atoms with Crippen LogP contribution < -0.4 is 29.1 Å². The molecule has 0 unspecified atom stereocenters. The third kappa shape index (κ3) is 3.41. The second-order valence-corrected chi connectivity index (χ2v) is 7.85. The molecule has 5 rings (SSSR count). The zero-order valence-corrected chi connectivity index (χ0v) is 19.0. The molecule has 10 heteroatoms. The number of ether oxygens (including phenoxy) is 5. The fraction of sp³-hybridized carbons (Fsp3) is 0.240. The average Bonchev–Trinajstić information content (AvgIpc) is 2.87. The van der Waals surface area contributed by atoms with Crippen molar-refractivity contribution >= 4 is 21.9 Å². The van der Waals surface area contributed by atoms with E-state index in [0.717, 1.165) is 0 Å². The van der Waals surface area contributed by atoms with E-state index < -0.39 is 24.2 Å². The molecule has 1 aliphatic heterocycles. The number of aromatic hydroxyl groups is 2. The molecule has 0 radical (unpaired) electrons. The zero-order chi connectivity index (χ0) is 24.9. The van der Waals surface area contributed by atoms with E-state index in [1.165, 1.54) is 33.5 Å². The third-order valence-electron chi connectivity index (χ3n) is 5.93. The molecule has 4 aromatic rings. The van der Waals surface area contributed by atoms with Crippen molar-refractivity contribution in [1.29, 1.82) is 0 Å². The lowest BCUT2D eigenvalue weighted by atomic mass is 10.0. The highest BCUT2D eigenvalue weighted by Gasteiger charge is 2.38. The van der Waals surface area contributed by atoms with Crippen LogP contribution in [0.15, 0.2) is 45.6 Å². The molecule has 0 fully saturated rings. The second-order valence-electron chi connectivity index (χ2n) is 7.85. The lowest BCUT2D eigenvalue weighted by molar-refractivity contribution is -0.0135. The molecule has 0 amide bonds. The van der Waals surface area contributed by atoms with Gasteiger partial charge in [-0.3, -0.25) is 4.79 Å². The summed E-state index contributed by atoms with van der Waals surface area (Å²) in [6, 6.07) is 9.04. The number of aliphatic hydroxyl groups excluding tert-OH is 1. The lowest BCUT2D eigenvalue weighted by Gasteiger charge is -2.34. The first-order valence-electron chi connectivity index (χ1n) is 10.6. The molecule has 3 N–H and O–H groups in total. The number of hydrogen-bond acceptors (Lipinski definition) is 10. The van der Waals surface area contributed by atoms with Gasteiger partial charge in [0, 0.05) is 5.56 Å². The molecule has 10 nitrogen and oxygen atoms in total. The molecule has 1 aromatic heterocycles. The summed E-state index contributed by atoms with van der Waals surface area (Å²) in [6.45, 7) is -0.451. The summed E-state index contributed by atoms with van der Waals surface area (Å²) >= 11 is 0. The quantitative estimate of drug-likeness (QED) is 0.364. The van der Waals surface area contributed by atoms with Crippen LogP contribution in [-0.2, 0) is 0 Å². The number of phenolic OH excluding ortho intramolecular Hbond substituents is 2. The van der Waals surface area contributed by atoms with E-state index in [2.05, 4.69) is 0 Å². The first-order valence-corrected chi connectivity index (χ1v) is 10.6. The van der Waals surface area contributed by atoms with E-state index in [1.807, 2.05) is 0 Å². The first kappa shape index (κ1) is 22.5. The Balaban J connectivity index is 1.74. The Morgan fingerprint density at radius 1 is 0.914 bits per heavy atom. The monoisotopic (exact) mass is 482 g/mol. The summed E-state index contributed by atoms with van der Waals surface area (Å²) in [5, 5.41) is 30.8. The molecule has 3 aromatic carbocycles. The Kier molecular flexibility index (Phi) is 5.45. The van der Waals surface area contributed by atoms with Gasteiger partial charge in [0.05, 0.1) is 33.3 Å². The largest absolute Gasteiger partial charge is 0.507 e. The molecule has 0 saturated carbocycles. The third-order valence-corrected chi connectivity index (χ3v) is 5.93. The normalized spacial score (nSPS) is 16.9. The van der Waals surface area contributed by atoms with Gasteiger partial charge in [0.25, 0.3) is 0 Å². The summed E-state index contributed by atoms with van der Waals surface area (Å²) in [6.07, 6.45) is -1.79. The highest BCUT2D eigenvalue weighted by Crippen LogP contribution is 2.51. The predicted octanol–water partition coefficient (Wildman–Crippen LogP) is 3.26. The topological polar surface area (TPSA) is 137 Å². The van der Waals surface area contributed by atoms with Crippen molar-refractivity contribution in [3.05, 3.63) is 52.2 Å². The molecular weight excluding hydrogens is 460 g/mol. The molecule has 0 aliphatic carbocycles. The highest BCUT2D eigenvalue weighted by molar-refractivity contribution is 5.97. The second kappa shape index (κ2) is 8.48. The minimum atomic E-state index is -0.929. The highest BCUT2D eigenvalue weighted by atomic mass is 16.6. The maximum absolute atomic E-state index is 13.2. The van der Waals surface area contributed by atoms with Crippen molar-refractivity contribution in [2.75, 3.05) is 27.9 Å². The molecular formula is C25H22O10. The van der Waals surface area contributed by atoms with Crippen LogP contribution in [0.1, 0.15) is 11.7 Å². The van der Waals surface area contributed by atoms with E-state index in [0.29, 0.717) is 5.56 Å². The van der Waals surface area contributed by atoms with E-state index in [9.17, 15) is 20.1 Å². The average molecular weight is 482 g/mol. The SMILES string of the molecule is COc1cc([C@H]2Oc3c(OC)cc4c(=O)c5c(O)cccc5oc4c3O[C@@H]2CO)cc(OC)c1O. The summed E-state index contributed by atoms with van der Waals surface area (Å²) in [5.41, 5.74) is 0.267. The van der Waals surface area contributed by atoms with Crippen molar-refractivity contribution in [3.63, 3.8) is 0 Å². The van der Waals surface area contributed by atoms with E-state index in [1.54, 1.807) is 24.3 Å². The van der Waals surface area contributed by atoms with Gasteiger partial charge < -0.3 is 43.4 Å². The Labute approximate surface area is 198 Å². The van der Waals surface area contributed by atoms with Crippen LogP contribution in [-0.4, -0.2) is 49.4 Å². The predicted molar refractivity (Wildman–Crippen MR) is 124 cm³/mol. The van der Waals surface area contributed by atoms with Gasteiger partial charge in [-0.1, -0.05) is 6.07 Å². The smallest absolute Gasteiger partial charge is 0.209 e. The Morgan fingerprint density at radius 2 is 1.60 bits per heavy atom. The van der Waals surface area contributed by atoms with Crippen LogP contribution in [0, 0.1) is 0 Å². The lowest BCUT2D eigenvalue weighted by Crippen LogP contribution is -2.36. The van der Waals surface area contributed by atoms with Gasteiger partial charge >= 0.3 is 0 Å². The van der Waals surface area contributed by atoms with Crippen molar-refractivity contribution in [2.45, 2.75) is 12.2 Å². The summed E-state index contributed by atoms with van der Waals surface area (Å²) in [5.74, 6) is 0.320. The Bertz CT molecular complexity index is 1480. The van der Waals surface area contributed by atoms with Crippen LogP contribution in [0.3, 0.4) is 0 Å². The summed E-state index contributed by atoms with van der Waals surface area (Å²) in [7, 11) is 4.20. The molecule has 0 spiro atoms. The molecule has 2 atom stereocenters. The molecule has 0 saturated heterocycles. The minimum Gasteiger partial charge on any atom is -0.507 e. The van der Waals surface area contributed by atoms with Gasteiger partial charge in [-0.05, 0) is 30.3 Å².